The molecule has 0 heterocycles. The molecule has 0 spiro atoms. The lowest BCUT2D eigenvalue weighted by Crippen LogP contribution is -2.40. The lowest BCUT2D eigenvalue weighted by atomic mass is 10.1. The second kappa shape index (κ2) is 6.40. The van der Waals surface area contributed by atoms with Crippen LogP contribution in [-0.2, 0) is 11.2 Å². The third-order valence-electron chi connectivity index (χ3n) is 1.97. The molecule has 1 amide bonds. The number of amides is 1. The Morgan fingerprint density at radius 1 is 1.43 bits per heavy atom. The SMILES string of the molecule is CN[C@@H](Cc1ccccc1)C(N)=O.Cl. The van der Waals surface area contributed by atoms with Gasteiger partial charge in [-0.3, -0.25) is 4.79 Å². The van der Waals surface area contributed by atoms with E-state index in [2.05, 4.69) is 5.32 Å². The van der Waals surface area contributed by atoms with Gasteiger partial charge >= 0.3 is 0 Å². The molecule has 0 fully saturated rings. The van der Waals surface area contributed by atoms with Crippen molar-refractivity contribution in [3.8, 4) is 0 Å². The van der Waals surface area contributed by atoms with E-state index in [-0.39, 0.29) is 24.4 Å². The number of halogens is 1. The Morgan fingerprint density at radius 3 is 2.43 bits per heavy atom. The van der Waals surface area contributed by atoms with Crippen LogP contribution in [0.3, 0.4) is 0 Å². The summed E-state index contributed by atoms with van der Waals surface area (Å²) >= 11 is 0. The van der Waals surface area contributed by atoms with Crippen molar-refractivity contribution >= 4 is 18.3 Å². The molecule has 0 aromatic heterocycles. The molecular weight excluding hydrogens is 200 g/mol. The average molecular weight is 215 g/mol. The van der Waals surface area contributed by atoms with E-state index < -0.39 is 0 Å². The van der Waals surface area contributed by atoms with E-state index in [4.69, 9.17) is 5.73 Å². The Bertz CT molecular complexity index is 277. The second-order valence-electron chi connectivity index (χ2n) is 2.93. The summed E-state index contributed by atoms with van der Waals surface area (Å²) in [6, 6.07) is 9.52. The van der Waals surface area contributed by atoms with Crippen molar-refractivity contribution < 1.29 is 4.79 Å². The van der Waals surface area contributed by atoms with Crippen molar-refractivity contribution in [1.29, 1.82) is 0 Å². The Kier molecular flexibility index (Phi) is 5.92. The van der Waals surface area contributed by atoms with Gasteiger partial charge in [0, 0.05) is 0 Å². The number of rotatable bonds is 4. The minimum Gasteiger partial charge on any atom is -0.368 e. The normalized spacial score (nSPS) is 11.5. The second-order valence-corrected chi connectivity index (χ2v) is 2.93. The monoisotopic (exact) mass is 214 g/mol. The van der Waals surface area contributed by atoms with Gasteiger partial charge in [0.25, 0.3) is 0 Å². The number of hydrogen-bond donors (Lipinski definition) is 2. The van der Waals surface area contributed by atoms with E-state index in [1.54, 1.807) is 7.05 Å². The molecule has 3 N–H and O–H groups in total. The fraction of sp³-hybridized carbons (Fsp3) is 0.300. The summed E-state index contributed by atoms with van der Waals surface area (Å²) in [5, 5.41) is 2.88. The molecule has 4 heteroatoms. The molecule has 78 valence electrons. The highest BCUT2D eigenvalue weighted by Gasteiger charge is 2.12. The fourth-order valence-electron chi connectivity index (χ4n) is 1.19. The van der Waals surface area contributed by atoms with E-state index in [9.17, 15) is 4.79 Å². The van der Waals surface area contributed by atoms with Gasteiger partial charge in [-0.2, -0.15) is 0 Å². The van der Waals surface area contributed by atoms with Crippen LogP contribution in [0.4, 0.5) is 0 Å². The molecule has 3 nitrogen and oxygen atoms in total. The van der Waals surface area contributed by atoms with Gasteiger partial charge in [-0.25, -0.2) is 0 Å². The van der Waals surface area contributed by atoms with E-state index in [1.165, 1.54) is 0 Å². The summed E-state index contributed by atoms with van der Waals surface area (Å²) in [7, 11) is 1.73. The maximum absolute atomic E-state index is 10.9. The van der Waals surface area contributed by atoms with Crippen LogP contribution in [-0.4, -0.2) is 19.0 Å². The third kappa shape index (κ3) is 3.77. The topological polar surface area (TPSA) is 55.1 Å². The summed E-state index contributed by atoms with van der Waals surface area (Å²) < 4.78 is 0. The maximum atomic E-state index is 10.9. The van der Waals surface area contributed by atoms with Crippen LogP contribution in [0, 0.1) is 0 Å². The molecule has 0 aliphatic rings. The van der Waals surface area contributed by atoms with Gasteiger partial charge in [-0.1, -0.05) is 30.3 Å². The van der Waals surface area contributed by atoms with E-state index in [0.29, 0.717) is 6.42 Å². The first-order chi connectivity index (χ1) is 6.24. The number of benzene rings is 1. The third-order valence-corrected chi connectivity index (χ3v) is 1.97. The van der Waals surface area contributed by atoms with Gasteiger partial charge in [-0.15, -0.1) is 12.4 Å². The summed E-state index contributed by atoms with van der Waals surface area (Å²) in [4.78, 5) is 10.9. The highest BCUT2D eigenvalue weighted by atomic mass is 35.5. The molecule has 1 rings (SSSR count). The summed E-state index contributed by atoms with van der Waals surface area (Å²) in [6.45, 7) is 0. The van der Waals surface area contributed by atoms with Crippen molar-refractivity contribution in [1.82, 2.24) is 5.32 Å². The number of likely N-dealkylation sites (N-methyl/N-ethyl adjacent to an activating group) is 1. The van der Waals surface area contributed by atoms with Crippen LogP contribution in [0.5, 0.6) is 0 Å². The van der Waals surface area contributed by atoms with Gasteiger partial charge < -0.3 is 11.1 Å². The molecule has 0 bridgehead atoms. The van der Waals surface area contributed by atoms with Crippen molar-refractivity contribution in [2.24, 2.45) is 5.73 Å². The van der Waals surface area contributed by atoms with Gasteiger partial charge in [0.2, 0.25) is 5.91 Å². The van der Waals surface area contributed by atoms with Crippen molar-refractivity contribution in [3.63, 3.8) is 0 Å². The van der Waals surface area contributed by atoms with Crippen LogP contribution in [0.25, 0.3) is 0 Å². The first-order valence-electron chi connectivity index (χ1n) is 4.24. The summed E-state index contributed by atoms with van der Waals surface area (Å²) in [6.07, 6.45) is 0.646. The molecule has 0 aliphatic carbocycles. The number of primary amides is 1. The predicted molar refractivity (Wildman–Crippen MR) is 59.4 cm³/mol. The first kappa shape index (κ1) is 12.9. The van der Waals surface area contributed by atoms with E-state index >= 15 is 0 Å². The lowest BCUT2D eigenvalue weighted by Gasteiger charge is -2.11. The first-order valence-corrected chi connectivity index (χ1v) is 4.24. The van der Waals surface area contributed by atoms with Crippen molar-refractivity contribution in [2.75, 3.05) is 7.05 Å². The van der Waals surface area contributed by atoms with Crippen LogP contribution in [0.15, 0.2) is 30.3 Å². The Hall–Kier alpha value is -1.06. The van der Waals surface area contributed by atoms with Gasteiger partial charge in [-0.05, 0) is 19.0 Å². The zero-order valence-corrected chi connectivity index (χ0v) is 8.88. The summed E-state index contributed by atoms with van der Waals surface area (Å²) in [5.41, 5.74) is 6.31. The quantitative estimate of drug-likeness (QED) is 0.776. The predicted octanol–water partition coefficient (Wildman–Crippen LogP) is 0.724. The maximum Gasteiger partial charge on any atom is 0.234 e. The summed E-state index contributed by atoms with van der Waals surface area (Å²) in [5.74, 6) is -0.314. The van der Waals surface area contributed by atoms with E-state index in [0.717, 1.165) is 5.56 Å². The Labute approximate surface area is 90.1 Å². The Morgan fingerprint density at radius 2 is 2.00 bits per heavy atom. The standard InChI is InChI=1S/C10H14N2O.ClH/c1-12-9(10(11)13)7-8-5-3-2-4-6-8;/h2-6,9,12H,7H2,1H3,(H2,11,13);1H/t9-;/m0./s1. The van der Waals surface area contributed by atoms with Crippen molar-refractivity contribution in [2.45, 2.75) is 12.5 Å². The zero-order valence-electron chi connectivity index (χ0n) is 8.07. The molecule has 0 saturated heterocycles. The Balaban J connectivity index is 0.00000169. The molecule has 0 radical (unpaired) electrons. The smallest absolute Gasteiger partial charge is 0.234 e. The number of nitrogens with one attached hydrogen (secondary N) is 1. The molecular formula is C10H15ClN2O. The van der Waals surface area contributed by atoms with Gasteiger partial charge in [0.15, 0.2) is 0 Å². The number of nitrogens with two attached hydrogens (primary N) is 1. The van der Waals surface area contributed by atoms with Gasteiger partial charge in [0.05, 0.1) is 6.04 Å². The van der Waals surface area contributed by atoms with Crippen LogP contribution >= 0.6 is 12.4 Å². The largest absolute Gasteiger partial charge is 0.368 e. The highest BCUT2D eigenvalue weighted by molar-refractivity contribution is 5.85. The van der Waals surface area contributed by atoms with Crippen LogP contribution in [0.1, 0.15) is 5.56 Å². The fourth-order valence-corrected chi connectivity index (χ4v) is 1.19. The number of hydrogen-bond acceptors (Lipinski definition) is 2. The molecule has 14 heavy (non-hydrogen) atoms. The molecule has 0 saturated carbocycles. The van der Waals surface area contributed by atoms with Crippen molar-refractivity contribution in [3.05, 3.63) is 35.9 Å². The van der Waals surface area contributed by atoms with E-state index in [1.807, 2.05) is 30.3 Å². The van der Waals surface area contributed by atoms with Crippen LogP contribution < -0.4 is 11.1 Å². The number of carbonyl (C=O) groups excluding carboxylic acids is 1. The molecule has 1 atom stereocenters. The average Bonchev–Trinajstić information content (AvgIpc) is 2.15. The molecule has 0 aliphatic heterocycles. The number of carbonyl (C=O) groups is 1. The highest BCUT2D eigenvalue weighted by Crippen LogP contribution is 2.02. The zero-order chi connectivity index (χ0) is 9.68. The molecule has 0 unspecified atom stereocenters. The minimum absolute atomic E-state index is 0. The van der Waals surface area contributed by atoms with Gasteiger partial charge in [0.1, 0.15) is 0 Å². The lowest BCUT2D eigenvalue weighted by molar-refractivity contribution is -0.119. The molecule has 1 aromatic carbocycles. The van der Waals surface area contributed by atoms with Crippen LogP contribution in [0.2, 0.25) is 0 Å². The molecule has 1 aromatic rings. The minimum atomic E-state index is -0.314.